The van der Waals surface area contributed by atoms with E-state index in [4.69, 9.17) is 0 Å². The van der Waals surface area contributed by atoms with Gasteiger partial charge < -0.3 is 4.48 Å². The molecule has 78 valence electrons. The highest BCUT2D eigenvalue weighted by molar-refractivity contribution is 4.80. The van der Waals surface area contributed by atoms with Crippen molar-refractivity contribution in [1.82, 2.24) is 4.90 Å². The Morgan fingerprint density at radius 2 is 1.62 bits per heavy atom. The maximum atomic E-state index is 2.66. The number of hydrogen-bond acceptors (Lipinski definition) is 1. The fourth-order valence-corrected chi connectivity index (χ4v) is 2.07. The van der Waals surface area contributed by atoms with Gasteiger partial charge in [0.15, 0.2) is 0 Å². The Labute approximate surface area is 83.1 Å². The summed E-state index contributed by atoms with van der Waals surface area (Å²) in [4.78, 5) is 2.66. The van der Waals surface area contributed by atoms with Crippen LogP contribution in [0.2, 0.25) is 0 Å². The van der Waals surface area contributed by atoms with Gasteiger partial charge >= 0.3 is 0 Å². The maximum absolute atomic E-state index is 2.66. The highest BCUT2D eigenvalue weighted by Crippen LogP contribution is 2.24. The van der Waals surface area contributed by atoms with Crippen LogP contribution in [0.3, 0.4) is 0 Å². The first-order valence-electron chi connectivity index (χ1n) is 5.54. The van der Waals surface area contributed by atoms with E-state index in [1.165, 1.54) is 26.1 Å². The second-order valence-corrected chi connectivity index (χ2v) is 5.18. The molecule has 1 aliphatic rings. The van der Waals surface area contributed by atoms with E-state index in [-0.39, 0.29) is 0 Å². The lowest BCUT2D eigenvalue weighted by Gasteiger charge is -2.36. The molecule has 0 aromatic carbocycles. The fourth-order valence-electron chi connectivity index (χ4n) is 2.07. The van der Waals surface area contributed by atoms with Gasteiger partial charge in [-0.1, -0.05) is 0 Å². The van der Waals surface area contributed by atoms with E-state index in [0.29, 0.717) is 0 Å². The van der Waals surface area contributed by atoms with Gasteiger partial charge in [-0.3, -0.25) is 4.90 Å². The van der Waals surface area contributed by atoms with Gasteiger partial charge in [0.25, 0.3) is 0 Å². The summed E-state index contributed by atoms with van der Waals surface area (Å²) >= 11 is 0. The van der Waals surface area contributed by atoms with Crippen molar-refractivity contribution in [1.29, 1.82) is 0 Å². The summed E-state index contributed by atoms with van der Waals surface area (Å²) in [5.41, 5.74) is 0. The van der Waals surface area contributed by atoms with Crippen molar-refractivity contribution in [2.75, 3.05) is 27.3 Å². The third-order valence-electron chi connectivity index (χ3n) is 3.54. The Bertz CT molecular complexity index is 155. The molecule has 0 spiro atoms. The van der Waals surface area contributed by atoms with Gasteiger partial charge in [-0.25, -0.2) is 0 Å². The highest BCUT2D eigenvalue weighted by atomic mass is 15.4. The Kier molecular flexibility index (Phi) is 3.36. The van der Waals surface area contributed by atoms with E-state index in [2.05, 4.69) is 39.8 Å². The molecule has 2 atom stereocenters. The summed E-state index contributed by atoms with van der Waals surface area (Å²) in [6.45, 7) is 9.42. The molecule has 1 fully saturated rings. The smallest absolute Gasteiger partial charge is 0.135 e. The van der Waals surface area contributed by atoms with Gasteiger partial charge in [-0.2, -0.15) is 0 Å². The molecule has 0 radical (unpaired) electrons. The van der Waals surface area contributed by atoms with Gasteiger partial charge in [-0.15, -0.1) is 0 Å². The summed E-state index contributed by atoms with van der Waals surface area (Å²) in [5, 5.41) is 0. The average Bonchev–Trinajstić information content (AvgIpc) is 2.36. The summed E-state index contributed by atoms with van der Waals surface area (Å²) in [6, 6.07) is 1.58. The fraction of sp³-hybridized carbons (Fsp3) is 1.00. The quantitative estimate of drug-likeness (QED) is 0.607. The summed E-state index contributed by atoms with van der Waals surface area (Å²) in [5.74, 6) is 0. The van der Waals surface area contributed by atoms with Crippen LogP contribution >= 0.6 is 0 Å². The van der Waals surface area contributed by atoms with Crippen LogP contribution in [0.5, 0.6) is 0 Å². The Balaban J connectivity index is 2.52. The summed E-state index contributed by atoms with van der Waals surface area (Å²) in [6.07, 6.45) is 2.76. The SMILES string of the molecule is CC[N+](C)(C)CN1C(C)CCC1C. The van der Waals surface area contributed by atoms with Crippen LogP contribution in [0.4, 0.5) is 0 Å². The van der Waals surface area contributed by atoms with Crippen LogP contribution in [0.25, 0.3) is 0 Å². The predicted molar refractivity (Wildman–Crippen MR) is 57.5 cm³/mol. The van der Waals surface area contributed by atoms with Crippen LogP contribution in [-0.2, 0) is 0 Å². The van der Waals surface area contributed by atoms with Gasteiger partial charge in [0.1, 0.15) is 6.67 Å². The Morgan fingerprint density at radius 3 is 2.00 bits per heavy atom. The second kappa shape index (κ2) is 3.97. The van der Waals surface area contributed by atoms with Gasteiger partial charge in [0.05, 0.1) is 20.6 Å². The summed E-state index contributed by atoms with van der Waals surface area (Å²) in [7, 11) is 4.63. The zero-order chi connectivity index (χ0) is 10.1. The molecule has 1 heterocycles. The molecule has 1 saturated heterocycles. The van der Waals surface area contributed by atoms with Crippen molar-refractivity contribution >= 4 is 0 Å². The second-order valence-electron chi connectivity index (χ2n) is 5.18. The zero-order valence-electron chi connectivity index (χ0n) is 9.88. The van der Waals surface area contributed by atoms with Crippen molar-refractivity contribution in [3.63, 3.8) is 0 Å². The highest BCUT2D eigenvalue weighted by Gasteiger charge is 2.31. The van der Waals surface area contributed by atoms with Crippen molar-refractivity contribution in [2.24, 2.45) is 0 Å². The minimum atomic E-state index is 0.791. The number of nitrogens with zero attached hydrogens (tertiary/aromatic N) is 2. The molecular formula is C11H25N2+. The largest absolute Gasteiger partial charge is 0.316 e. The molecule has 0 amide bonds. The zero-order valence-corrected chi connectivity index (χ0v) is 9.88. The molecule has 2 unspecified atom stereocenters. The van der Waals surface area contributed by atoms with Gasteiger partial charge in [0, 0.05) is 12.1 Å². The van der Waals surface area contributed by atoms with Gasteiger partial charge in [0.2, 0.25) is 0 Å². The lowest BCUT2D eigenvalue weighted by atomic mass is 10.2. The molecule has 0 saturated carbocycles. The molecule has 0 bridgehead atoms. The number of quaternary nitrogens is 1. The Hall–Kier alpha value is -0.0800. The molecule has 2 nitrogen and oxygen atoms in total. The monoisotopic (exact) mass is 185 g/mol. The maximum Gasteiger partial charge on any atom is 0.135 e. The number of hydrogen-bond donors (Lipinski definition) is 0. The number of rotatable bonds is 3. The first-order chi connectivity index (χ1) is 5.96. The lowest BCUT2D eigenvalue weighted by molar-refractivity contribution is -0.899. The van der Waals surface area contributed by atoms with E-state index < -0.39 is 0 Å². The molecule has 0 aromatic heterocycles. The first-order valence-corrected chi connectivity index (χ1v) is 5.54. The topological polar surface area (TPSA) is 3.24 Å². The van der Waals surface area contributed by atoms with E-state index in [9.17, 15) is 0 Å². The molecule has 13 heavy (non-hydrogen) atoms. The van der Waals surface area contributed by atoms with Crippen molar-refractivity contribution in [3.8, 4) is 0 Å². The first kappa shape index (κ1) is 11.0. The average molecular weight is 185 g/mol. The molecular weight excluding hydrogens is 160 g/mol. The molecule has 1 aliphatic heterocycles. The van der Waals surface area contributed by atoms with E-state index in [0.717, 1.165) is 16.6 Å². The van der Waals surface area contributed by atoms with E-state index >= 15 is 0 Å². The Morgan fingerprint density at radius 1 is 1.15 bits per heavy atom. The van der Waals surface area contributed by atoms with Crippen molar-refractivity contribution < 1.29 is 4.48 Å². The summed E-state index contributed by atoms with van der Waals surface area (Å²) < 4.78 is 1.12. The van der Waals surface area contributed by atoms with Crippen LogP contribution in [0.15, 0.2) is 0 Å². The van der Waals surface area contributed by atoms with Crippen LogP contribution in [0.1, 0.15) is 33.6 Å². The molecule has 2 heteroatoms. The molecule has 0 aliphatic carbocycles. The standard InChI is InChI=1S/C11H25N2/c1-6-13(4,5)9-12-10(2)7-8-11(12)3/h10-11H,6-9H2,1-5H3/q+1. The lowest BCUT2D eigenvalue weighted by Crippen LogP contribution is -2.51. The van der Waals surface area contributed by atoms with Crippen molar-refractivity contribution in [2.45, 2.75) is 45.7 Å². The predicted octanol–water partition coefficient (Wildman–Crippen LogP) is 1.91. The number of likely N-dealkylation sites (tertiary alicyclic amines) is 1. The van der Waals surface area contributed by atoms with Gasteiger partial charge in [-0.05, 0) is 33.6 Å². The third kappa shape index (κ3) is 2.68. The normalized spacial score (nSPS) is 31.2. The molecule has 0 N–H and O–H groups in total. The molecule has 0 aromatic rings. The minimum Gasteiger partial charge on any atom is -0.316 e. The van der Waals surface area contributed by atoms with Crippen molar-refractivity contribution in [3.05, 3.63) is 0 Å². The van der Waals surface area contributed by atoms with E-state index in [1.807, 2.05) is 0 Å². The molecule has 1 rings (SSSR count). The van der Waals surface area contributed by atoms with Crippen LogP contribution in [0, 0.1) is 0 Å². The van der Waals surface area contributed by atoms with Crippen LogP contribution in [-0.4, -0.2) is 48.8 Å². The van der Waals surface area contributed by atoms with E-state index in [1.54, 1.807) is 0 Å². The minimum absolute atomic E-state index is 0.791. The van der Waals surface area contributed by atoms with Crippen LogP contribution < -0.4 is 0 Å². The third-order valence-corrected chi connectivity index (χ3v) is 3.54.